The van der Waals surface area contributed by atoms with E-state index >= 15 is 0 Å². The van der Waals surface area contributed by atoms with Crippen LogP contribution in [0.3, 0.4) is 0 Å². The topological polar surface area (TPSA) is 53.7 Å². The quantitative estimate of drug-likeness (QED) is 0.431. The molecule has 4 rings (SSSR count). The van der Waals surface area contributed by atoms with Gasteiger partial charge in [-0.2, -0.15) is 0 Å². The second-order valence-corrected chi connectivity index (χ2v) is 6.96. The number of rotatable bonds is 5. The van der Waals surface area contributed by atoms with E-state index in [-0.39, 0.29) is 0 Å². The monoisotopic (exact) mass is 389 g/mol. The second kappa shape index (κ2) is 7.51. The maximum atomic E-state index is 6.09. The first-order valence-corrected chi connectivity index (χ1v) is 9.32. The molecular weight excluding hydrogens is 366 g/mol. The van der Waals surface area contributed by atoms with Crippen LogP contribution in [-0.2, 0) is 0 Å². The molecule has 0 bridgehead atoms. The maximum Gasteiger partial charge on any atom is 0.227 e. The fraction of sp³-hybridized carbons (Fsp3) is 0.208. The van der Waals surface area contributed by atoms with Crippen molar-refractivity contribution in [2.75, 3.05) is 21.3 Å². The fourth-order valence-electron chi connectivity index (χ4n) is 3.64. The molecule has 5 nitrogen and oxygen atoms in total. The molecule has 0 atom stereocenters. The van der Waals surface area contributed by atoms with Crippen molar-refractivity contribution in [3.05, 3.63) is 59.7 Å². The number of aromatic nitrogens is 1. The maximum absolute atomic E-state index is 6.09. The van der Waals surface area contributed by atoms with Crippen LogP contribution in [0, 0.1) is 13.8 Å². The van der Waals surface area contributed by atoms with Crippen molar-refractivity contribution < 1.29 is 18.6 Å². The predicted octanol–water partition coefficient (Wildman–Crippen LogP) is 5.80. The third kappa shape index (κ3) is 3.40. The van der Waals surface area contributed by atoms with E-state index < -0.39 is 0 Å². The summed E-state index contributed by atoms with van der Waals surface area (Å²) in [6, 6.07) is 16.0. The van der Waals surface area contributed by atoms with E-state index in [4.69, 9.17) is 18.6 Å². The standard InChI is InChI=1S/C24H23NO4/c1-14-10-15(2)12-17(11-14)24-25-19-8-6-16(13-21(19)29-24)18-7-9-20(26-3)23(28-5)22(18)27-4/h6-13H,1-5H3. The van der Waals surface area contributed by atoms with Crippen LogP contribution in [0.5, 0.6) is 17.2 Å². The molecule has 148 valence electrons. The Balaban J connectivity index is 1.83. The van der Waals surface area contributed by atoms with Gasteiger partial charge in [0.15, 0.2) is 17.1 Å². The molecule has 3 aromatic carbocycles. The number of methoxy groups -OCH3 is 3. The van der Waals surface area contributed by atoms with Crippen LogP contribution < -0.4 is 14.2 Å². The zero-order valence-corrected chi connectivity index (χ0v) is 17.2. The lowest BCUT2D eigenvalue weighted by molar-refractivity contribution is 0.325. The van der Waals surface area contributed by atoms with E-state index in [2.05, 4.69) is 37.0 Å². The Labute approximate surface area is 169 Å². The molecule has 29 heavy (non-hydrogen) atoms. The molecule has 4 aromatic rings. The molecular formula is C24H23NO4. The highest BCUT2D eigenvalue weighted by molar-refractivity contribution is 5.85. The Morgan fingerprint density at radius 3 is 2.10 bits per heavy atom. The third-order valence-corrected chi connectivity index (χ3v) is 4.87. The summed E-state index contributed by atoms with van der Waals surface area (Å²) in [5, 5.41) is 0. The molecule has 0 saturated heterocycles. The zero-order chi connectivity index (χ0) is 20.5. The first-order chi connectivity index (χ1) is 14.0. The van der Waals surface area contributed by atoms with Crippen LogP contribution in [-0.4, -0.2) is 26.3 Å². The van der Waals surface area contributed by atoms with Crippen molar-refractivity contribution in [1.82, 2.24) is 4.98 Å². The van der Waals surface area contributed by atoms with Gasteiger partial charge >= 0.3 is 0 Å². The minimum atomic E-state index is 0.557. The highest BCUT2D eigenvalue weighted by Crippen LogP contribution is 2.44. The molecule has 0 fully saturated rings. The lowest BCUT2D eigenvalue weighted by Crippen LogP contribution is -1.96. The molecule has 0 aliphatic rings. The van der Waals surface area contributed by atoms with E-state index in [9.17, 15) is 0 Å². The Hall–Kier alpha value is -3.47. The number of nitrogens with zero attached hydrogens (tertiary/aromatic N) is 1. The summed E-state index contributed by atoms with van der Waals surface area (Å²) in [5.41, 5.74) is 6.69. The number of aryl methyl sites for hydroxylation is 2. The summed E-state index contributed by atoms with van der Waals surface area (Å²) in [6.07, 6.45) is 0. The van der Waals surface area contributed by atoms with Crippen LogP contribution in [0.15, 0.2) is 52.9 Å². The molecule has 1 aromatic heterocycles. The highest BCUT2D eigenvalue weighted by atomic mass is 16.5. The summed E-state index contributed by atoms with van der Waals surface area (Å²) in [5.74, 6) is 2.40. The molecule has 0 spiro atoms. The third-order valence-electron chi connectivity index (χ3n) is 4.87. The summed E-state index contributed by atoms with van der Waals surface area (Å²) in [6.45, 7) is 4.14. The molecule has 1 heterocycles. The summed E-state index contributed by atoms with van der Waals surface area (Å²) in [4.78, 5) is 4.66. The average molecular weight is 389 g/mol. The van der Waals surface area contributed by atoms with Crippen molar-refractivity contribution in [3.8, 4) is 39.8 Å². The molecule has 0 unspecified atom stereocenters. The molecule has 5 heteroatoms. The minimum absolute atomic E-state index is 0.557. The largest absolute Gasteiger partial charge is 0.493 e. The van der Waals surface area contributed by atoms with E-state index in [0.29, 0.717) is 28.7 Å². The Morgan fingerprint density at radius 1 is 0.724 bits per heavy atom. The smallest absolute Gasteiger partial charge is 0.227 e. The lowest BCUT2D eigenvalue weighted by atomic mass is 10.0. The molecule has 0 aliphatic carbocycles. The van der Waals surface area contributed by atoms with E-state index in [1.54, 1.807) is 21.3 Å². The Kier molecular flexibility index (Phi) is 4.89. The van der Waals surface area contributed by atoms with Crippen LogP contribution in [0.4, 0.5) is 0 Å². The molecule has 0 aliphatic heterocycles. The normalized spacial score (nSPS) is 10.9. The summed E-state index contributed by atoms with van der Waals surface area (Å²) in [7, 11) is 4.82. The Bertz CT molecular complexity index is 1170. The van der Waals surface area contributed by atoms with Gasteiger partial charge in [-0.3, -0.25) is 0 Å². The van der Waals surface area contributed by atoms with Crippen molar-refractivity contribution in [2.45, 2.75) is 13.8 Å². The number of benzene rings is 3. The van der Waals surface area contributed by atoms with E-state index in [1.807, 2.05) is 30.3 Å². The van der Waals surface area contributed by atoms with Gasteiger partial charge in [0.05, 0.1) is 21.3 Å². The molecule has 0 amide bonds. The number of ether oxygens (including phenoxy) is 3. The first kappa shape index (κ1) is 18.9. The van der Waals surface area contributed by atoms with Crippen LogP contribution in [0.2, 0.25) is 0 Å². The number of oxazole rings is 1. The number of hydrogen-bond donors (Lipinski definition) is 0. The molecule has 0 N–H and O–H groups in total. The van der Waals surface area contributed by atoms with Crippen LogP contribution >= 0.6 is 0 Å². The first-order valence-electron chi connectivity index (χ1n) is 9.32. The van der Waals surface area contributed by atoms with Gasteiger partial charge in [-0.15, -0.1) is 0 Å². The van der Waals surface area contributed by atoms with Gasteiger partial charge in [-0.05, 0) is 55.8 Å². The second-order valence-electron chi connectivity index (χ2n) is 6.96. The van der Waals surface area contributed by atoms with E-state index in [0.717, 1.165) is 22.2 Å². The van der Waals surface area contributed by atoms with E-state index in [1.165, 1.54) is 11.1 Å². The summed E-state index contributed by atoms with van der Waals surface area (Å²) < 4.78 is 22.6. The SMILES string of the molecule is COc1ccc(-c2ccc3nc(-c4cc(C)cc(C)c4)oc3c2)c(OC)c1OC. The van der Waals surface area contributed by atoms with Gasteiger partial charge in [-0.1, -0.05) is 23.3 Å². The van der Waals surface area contributed by atoms with Gasteiger partial charge in [0, 0.05) is 11.1 Å². The minimum Gasteiger partial charge on any atom is -0.493 e. The Morgan fingerprint density at radius 2 is 1.45 bits per heavy atom. The fourth-order valence-corrected chi connectivity index (χ4v) is 3.64. The van der Waals surface area contributed by atoms with Crippen molar-refractivity contribution in [3.63, 3.8) is 0 Å². The van der Waals surface area contributed by atoms with Crippen LogP contribution in [0.25, 0.3) is 33.7 Å². The van der Waals surface area contributed by atoms with Gasteiger partial charge in [0.25, 0.3) is 0 Å². The van der Waals surface area contributed by atoms with Gasteiger partial charge in [0.2, 0.25) is 11.6 Å². The van der Waals surface area contributed by atoms with Gasteiger partial charge in [-0.25, -0.2) is 4.98 Å². The lowest BCUT2D eigenvalue weighted by Gasteiger charge is -2.15. The van der Waals surface area contributed by atoms with Crippen LogP contribution in [0.1, 0.15) is 11.1 Å². The van der Waals surface area contributed by atoms with Gasteiger partial charge in [0.1, 0.15) is 5.52 Å². The summed E-state index contributed by atoms with van der Waals surface area (Å²) >= 11 is 0. The van der Waals surface area contributed by atoms with Gasteiger partial charge < -0.3 is 18.6 Å². The zero-order valence-electron chi connectivity index (χ0n) is 17.2. The highest BCUT2D eigenvalue weighted by Gasteiger charge is 2.18. The number of hydrogen-bond acceptors (Lipinski definition) is 5. The molecule has 0 radical (unpaired) electrons. The van der Waals surface area contributed by atoms with Crippen molar-refractivity contribution >= 4 is 11.1 Å². The number of fused-ring (bicyclic) bond motifs is 1. The average Bonchev–Trinajstić information content (AvgIpc) is 3.15. The molecule has 0 saturated carbocycles. The predicted molar refractivity (Wildman–Crippen MR) is 114 cm³/mol. The van der Waals surface area contributed by atoms with Crippen molar-refractivity contribution in [2.24, 2.45) is 0 Å². The van der Waals surface area contributed by atoms with Crippen molar-refractivity contribution in [1.29, 1.82) is 0 Å².